The Hall–Kier alpha value is -2.17. The van der Waals surface area contributed by atoms with Gasteiger partial charge in [-0.2, -0.15) is 5.26 Å². The van der Waals surface area contributed by atoms with Crippen LogP contribution >= 0.6 is 0 Å². The molecular formula is C11H5N. The van der Waals surface area contributed by atoms with Gasteiger partial charge in [0.15, 0.2) is 0 Å². The molecule has 0 heterocycles. The molecule has 54 valence electrons. The third kappa shape index (κ3) is 1.29. The molecule has 0 spiro atoms. The molecule has 0 saturated carbocycles. The van der Waals surface area contributed by atoms with Crippen molar-refractivity contribution in [3.05, 3.63) is 34.9 Å². The lowest BCUT2D eigenvalue weighted by Gasteiger charge is -1.95. The fraction of sp³-hybridized carbons (Fsp3) is 0. The first-order valence-electron chi connectivity index (χ1n) is 3.29. The fourth-order valence-corrected chi connectivity index (χ4v) is 0.859. The summed E-state index contributed by atoms with van der Waals surface area (Å²) in [5.74, 6) is 4.87. The van der Waals surface area contributed by atoms with E-state index in [-0.39, 0.29) is 0 Å². The number of rotatable bonds is 0. The van der Waals surface area contributed by atoms with E-state index in [2.05, 4.69) is 11.8 Å². The minimum Gasteiger partial charge on any atom is -0.192 e. The van der Waals surface area contributed by atoms with E-state index < -0.39 is 0 Å². The number of benzene rings is 1. The number of terminal acetylenes is 2. The molecule has 0 bridgehead atoms. The topological polar surface area (TPSA) is 23.8 Å². The first kappa shape index (κ1) is 7.93. The van der Waals surface area contributed by atoms with Gasteiger partial charge in [0.1, 0.15) is 0 Å². The maximum absolute atomic E-state index is 8.55. The predicted molar refractivity (Wildman–Crippen MR) is 47.0 cm³/mol. The summed E-state index contributed by atoms with van der Waals surface area (Å²) < 4.78 is 0. The van der Waals surface area contributed by atoms with Crippen LogP contribution in [0, 0.1) is 36.0 Å². The summed E-state index contributed by atoms with van der Waals surface area (Å²) >= 11 is 0. The predicted octanol–water partition coefficient (Wildman–Crippen LogP) is 1.52. The molecule has 0 amide bonds. The Morgan fingerprint density at radius 3 is 2.25 bits per heavy atom. The molecule has 0 aliphatic carbocycles. The van der Waals surface area contributed by atoms with Crippen molar-refractivity contribution in [1.29, 1.82) is 5.26 Å². The molecule has 1 aromatic rings. The van der Waals surface area contributed by atoms with Crippen LogP contribution in [-0.4, -0.2) is 0 Å². The standard InChI is InChI=1S/C11H5N/c1-3-10-6-5-9(8-12)7-11(10)4-2/h1-2,5-7H. The smallest absolute Gasteiger partial charge is 0.0992 e. The highest BCUT2D eigenvalue weighted by Gasteiger charge is 1.97. The largest absolute Gasteiger partial charge is 0.192 e. The summed E-state index contributed by atoms with van der Waals surface area (Å²) in [6.45, 7) is 0. The molecule has 0 unspecified atom stereocenters. The second kappa shape index (κ2) is 3.29. The van der Waals surface area contributed by atoms with Gasteiger partial charge in [-0.3, -0.25) is 0 Å². The molecule has 1 aromatic carbocycles. The van der Waals surface area contributed by atoms with E-state index in [1.807, 2.05) is 6.07 Å². The molecule has 0 fully saturated rings. The van der Waals surface area contributed by atoms with Gasteiger partial charge in [0.25, 0.3) is 0 Å². The minimum absolute atomic E-state index is 0.530. The van der Waals surface area contributed by atoms with Crippen molar-refractivity contribution >= 4 is 0 Å². The summed E-state index contributed by atoms with van der Waals surface area (Å²) in [6, 6.07) is 6.92. The van der Waals surface area contributed by atoms with Crippen molar-refractivity contribution in [3.63, 3.8) is 0 Å². The number of nitriles is 1. The average molecular weight is 151 g/mol. The number of hydrogen-bond donors (Lipinski definition) is 0. The van der Waals surface area contributed by atoms with Gasteiger partial charge in [0, 0.05) is 11.1 Å². The Morgan fingerprint density at radius 2 is 1.75 bits per heavy atom. The van der Waals surface area contributed by atoms with Crippen LogP contribution in [0.25, 0.3) is 0 Å². The van der Waals surface area contributed by atoms with Crippen LogP contribution < -0.4 is 0 Å². The first-order chi connectivity index (χ1) is 5.81. The Balaban J connectivity index is 3.37. The lowest BCUT2D eigenvalue weighted by molar-refractivity contribution is 1.47. The Kier molecular flexibility index (Phi) is 2.17. The van der Waals surface area contributed by atoms with Crippen molar-refractivity contribution in [3.8, 4) is 30.8 Å². The fourth-order valence-electron chi connectivity index (χ4n) is 0.859. The quantitative estimate of drug-likeness (QED) is 0.516. The van der Waals surface area contributed by atoms with Gasteiger partial charge in [-0.1, -0.05) is 11.8 Å². The van der Waals surface area contributed by atoms with Gasteiger partial charge in [-0.05, 0) is 18.2 Å². The zero-order valence-corrected chi connectivity index (χ0v) is 6.33. The summed E-state index contributed by atoms with van der Waals surface area (Å²) in [5.41, 5.74) is 1.77. The third-order valence-electron chi connectivity index (χ3n) is 1.46. The highest BCUT2D eigenvalue weighted by Crippen LogP contribution is 2.08. The summed E-state index contributed by atoms with van der Waals surface area (Å²) in [4.78, 5) is 0. The molecule has 0 aromatic heterocycles. The Bertz CT molecular complexity index is 422. The first-order valence-corrected chi connectivity index (χ1v) is 3.29. The SMILES string of the molecule is C#Cc1ccc(C#N)cc1C#C. The van der Waals surface area contributed by atoms with Crippen molar-refractivity contribution in [2.75, 3.05) is 0 Å². The highest BCUT2D eigenvalue weighted by atomic mass is 14.2. The molecule has 1 rings (SSSR count). The molecule has 1 heteroatoms. The summed E-state index contributed by atoms with van der Waals surface area (Å²) in [6.07, 6.45) is 10.4. The maximum Gasteiger partial charge on any atom is 0.0992 e. The number of hydrogen-bond acceptors (Lipinski definition) is 1. The van der Waals surface area contributed by atoms with Gasteiger partial charge in [0.05, 0.1) is 11.6 Å². The monoisotopic (exact) mass is 151 g/mol. The lowest BCUT2D eigenvalue weighted by Crippen LogP contribution is -1.84. The van der Waals surface area contributed by atoms with Crippen LogP contribution in [0.15, 0.2) is 18.2 Å². The van der Waals surface area contributed by atoms with E-state index in [1.54, 1.807) is 18.2 Å². The van der Waals surface area contributed by atoms with Crippen LogP contribution in [0.4, 0.5) is 0 Å². The average Bonchev–Trinajstić information content (AvgIpc) is 2.16. The van der Waals surface area contributed by atoms with Crippen molar-refractivity contribution < 1.29 is 0 Å². The Labute approximate surface area is 71.6 Å². The minimum atomic E-state index is 0.530. The highest BCUT2D eigenvalue weighted by molar-refractivity contribution is 5.52. The second-order valence-electron chi connectivity index (χ2n) is 2.16. The normalized spacial score (nSPS) is 7.75. The zero-order valence-electron chi connectivity index (χ0n) is 6.33. The zero-order chi connectivity index (χ0) is 8.97. The van der Waals surface area contributed by atoms with E-state index in [1.165, 1.54) is 0 Å². The summed E-state index contributed by atoms with van der Waals surface area (Å²) in [7, 11) is 0. The van der Waals surface area contributed by atoms with Crippen molar-refractivity contribution in [1.82, 2.24) is 0 Å². The van der Waals surface area contributed by atoms with Crippen LogP contribution in [0.5, 0.6) is 0 Å². The van der Waals surface area contributed by atoms with E-state index in [0.29, 0.717) is 16.7 Å². The van der Waals surface area contributed by atoms with Gasteiger partial charge in [-0.15, -0.1) is 12.8 Å². The molecule has 0 N–H and O–H groups in total. The molecule has 0 aliphatic rings. The van der Waals surface area contributed by atoms with Crippen molar-refractivity contribution in [2.45, 2.75) is 0 Å². The molecule has 0 aliphatic heterocycles. The molecule has 0 atom stereocenters. The van der Waals surface area contributed by atoms with Crippen LogP contribution in [0.3, 0.4) is 0 Å². The van der Waals surface area contributed by atoms with Gasteiger partial charge < -0.3 is 0 Å². The van der Waals surface area contributed by atoms with E-state index in [4.69, 9.17) is 18.1 Å². The molecule has 0 saturated heterocycles. The van der Waals surface area contributed by atoms with E-state index >= 15 is 0 Å². The van der Waals surface area contributed by atoms with Crippen LogP contribution in [0.2, 0.25) is 0 Å². The van der Waals surface area contributed by atoms with Crippen LogP contribution in [-0.2, 0) is 0 Å². The molecule has 0 radical (unpaired) electrons. The van der Waals surface area contributed by atoms with Gasteiger partial charge in [-0.25, -0.2) is 0 Å². The molecular weight excluding hydrogens is 146 g/mol. The Morgan fingerprint density at radius 1 is 1.08 bits per heavy atom. The van der Waals surface area contributed by atoms with Crippen molar-refractivity contribution in [2.24, 2.45) is 0 Å². The summed E-state index contributed by atoms with van der Waals surface area (Å²) in [5, 5.41) is 8.55. The van der Waals surface area contributed by atoms with E-state index in [0.717, 1.165) is 0 Å². The molecule has 1 nitrogen and oxygen atoms in total. The van der Waals surface area contributed by atoms with E-state index in [9.17, 15) is 0 Å². The third-order valence-corrected chi connectivity index (χ3v) is 1.46. The lowest BCUT2D eigenvalue weighted by atomic mass is 10.1. The maximum atomic E-state index is 8.55. The van der Waals surface area contributed by atoms with Gasteiger partial charge in [0.2, 0.25) is 0 Å². The van der Waals surface area contributed by atoms with Crippen LogP contribution in [0.1, 0.15) is 16.7 Å². The second-order valence-corrected chi connectivity index (χ2v) is 2.16. The molecule has 12 heavy (non-hydrogen) atoms. The number of nitrogens with zero attached hydrogens (tertiary/aromatic N) is 1. The van der Waals surface area contributed by atoms with Gasteiger partial charge >= 0.3 is 0 Å².